The van der Waals surface area contributed by atoms with E-state index in [1.165, 1.54) is 0 Å². The van der Waals surface area contributed by atoms with Crippen LogP contribution in [0.3, 0.4) is 0 Å². The van der Waals surface area contributed by atoms with Gasteiger partial charge in [-0.3, -0.25) is 0 Å². The Balaban J connectivity index is 1.21. The van der Waals surface area contributed by atoms with Gasteiger partial charge in [0.2, 0.25) is 0 Å². The summed E-state index contributed by atoms with van der Waals surface area (Å²) < 4.78 is 2.31. The van der Waals surface area contributed by atoms with Crippen LogP contribution < -0.4 is 0 Å². The van der Waals surface area contributed by atoms with E-state index in [0.29, 0.717) is 34.9 Å². The van der Waals surface area contributed by atoms with Crippen molar-refractivity contribution >= 4 is 32.6 Å². The Labute approximate surface area is 340 Å². The van der Waals surface area contributed by atoms with E-state index in [2.05, 4.69) is 114 Å². The molecule has 0 spiro atoms. The summed E-state index contributed by atoms with van der Waals surface area (Å²) in [5.41, 5.74) is 8.30. The second-order valence-corrected chi connectivity index (χ2v) is 14.3. The van der Waals surface area contributed by atoms with E-state index in [-0.39, 0.29) is 0 Å². The van der Waals surface area contributed by atoms with Gasteiger partial charge in [0.1, 0.15) is 0 Å². The van der Waals surface area contributed by atoms with Crippen LogP contribution in [0.4, 0.5) is 0 Å². The summed E-state index contributed by atoms with van der Waals surface area (Å²) in [6.07, 6.45) is 0. The fraction of sp³-hybridized carbons (Fsp3) is 0. The number of hydrogen-bond acceptors (Lipinski definition) is 6. The first-order chi connectivity index (χ1) is 29.2. The van der Waals surface area contributed by atoms with Crippen LogP contribution in [0.1, 0.15) is 0 Å². The molecule has 11 rings (SSSR count). The van der Waals surface area contributed by atoms with Gasteiger partial charge in [-0.25, -0.2) is 29.9 Å². The van der Waals surface area contributed by atoms with Crippen molar-refractivity contribution in [2.75, 3.05) is 0 Å². The molecule has 3 heterocycles. The van der Waals surface area contributed by atoms with E-state index in [1.54, 1.807) is 0 Å². The number of rotatable bonds is 7. The molecule has 3 aromatic heterocycles. The molecule has 0 amide bonds. The molecule has 0 saturated carbocycles. The lowest BCUT2D eigenvalue weighted by molar-refractivity contribution is 1.06. The minimum Gasteiger partial charge on any atom is -0.309 e. The standard InChI is InChI=1S/C52H33N7/c1-4-18-35(19-5-1)47-53-48(36-20-6-2-7-21-36)55-50(54-47)38-31-32-46(59-44-29-14-12-26-40(44)41-27-13-15-30-45(41)59)43(33-38)52-57-49(37-22-8-3-9-23-37)56-51(58-52)42-28-16-24-34-17-10-11-25-39(34)42/h1-33H. The number of benzene rings is 8. The number of hydrogen-bond donors (Lipinski definition) is 0. The molecular formula is C52H33N7. The smallest absolute Gasteiger partial charge is 0.166 e. The molecule has 0 bridgehead atoms. The fourth-order valence-corrected chi connectivity index (χ4v) is 7.92. The molecule has 11 aromatic rings. The first-order valence-electron chi connectivity index (χ1n) is 19.6. The summed E-state index contributed by atoms with van der Waals surface area (Å²) in [7, 11) is 0. The maximum atomic E-state index is 5.36. The van der Waals surface area contributed by atoms with E-state index in [0.717, 1.165) is 71.6 Å². The van der Waals surface area contributed by atoms with Crippen molar-refractivity contribution in [3.05, 3.63) is 200 Å². The van der Waals surface area contributed by atoms with Gasteiger partial charge in [-0.2, -0.15) is 0 Å². The van der Waals surface area contributed by atoms with Crippen molar-refractivity contribution in [1.29, 1.82) is 0 Å². The summed E-state index contributed by atoms with van der Waals surface area (Å²) in [6, 6.07) is 68.2. The monoisotopic (exact) mass is 755 g/mol. The minimum absolute atomic E-state index is 0.529. The van der Waals surface area contributed by atoms with Crippen molar-refractivity contribution in [2.45, 2.75) is 0 Å². The van der Waals surface area contributed by atoms with Gasteiger partial charge in [0.15, 0.2) is 34.9 Å². The minimum atomic E-state index is 0.529. The molecule has 0 unspecified atom stereocenters. The fourth-order valence-electron chi connectivity index (χ4n) is 7.92. The van der Waals surface area contributed by atoms with Crippen LogP contribution in [0.2, 0.25) is 0 Å². The Morgan fingerprint density at radius 1 is 0.271 bits per heavy atom. The Hall–Kier alpha value is -8.16. The van der Waals surface area contributed by atoms with E-state index < -0.39 is 0 Å². The van der Waals surface area contributed by atoms with Crippen molar-refractivity contribution in [1.82, 2.24) is 34.5 Å². The number of aromatic nitrogens is 7. The average molecular weight is 756 g/mol. The Bertz CT molecular complexity index is 3210. The lowest BCUT2D eigenvalue weighted by atomic mass is 10.0. The topological polar surface area (TPSA) is 82.3 Å². The Morgan fingerprint density at radius 2 is 0.678 bits per heavy atom. The molecule has 0 aliphatic heterocycles. The summed E-state index contributed by atoms with van der Waals surface area (Å²) in [5, 5.41) is 4.49. The number of fused-ring (bicyclic) bond motifs is 4. The predicted molar refractivity (Wildman–Crippen MR) is 238 cm³/mol. The third-order valence-corrected chi connectivity index (χ3v) is 10.7. The molecule has 0 aliphatic carbocycles. The van der Waals surface area contributed by atoms with Crippen molar-refractivity contribution < 1.29 is 0 Å². The second kappa shape index (κ2) is 14.4. The normalized spacial score (nSPS) is 11.4. The van der Waals surface area contributed by atoms with Crippen LogP contribution in [0.15, 0.2) is 200 Å². The molecule has 0 aliphatic rings. The van der Waals surface area contributed by atoms with Gasteiger partial charge in [0.25, 0.3) is 0 Å². The van der Waals surface area contributed by atoms with Gasteiger partial charge in [-0.15, -0.1) is 0 Å². The molecule has 7 heteroatoms. The van der Waals surface area contributed by atoms with Crippen LogP contribution in [-0.2, 0) is 0 Å². The molecule has 0 saturated heterocycles. The highest BCUT2D eigenvalue weighted by atomic mass is 15.1. The largest absolute Gasteiger partial charge is 0.309 e. The van der Waals surface area contributed by atoms with Crippen LogP contribution >= 0.6 is 0 Å². The summed E-state index contributed by atoms with van der Waals surface area (Å²) in [4.78, 5) is 31.0. The highest BCUT2D eigenvalue weighted by molar-refractivity contribution is 6.09. The predicted octanol–water partition coefficient (Wildman–Crippen LogP) is 12.3. The highest BCUT2D eigenvalue weighted by Gasteiger charge is 2.22. The van der Waals surface area contributed by atoms with Crippen molar-refractivity contribution in [3.8, 4) is 74.0 Å². The molecule has 0 atom stereocenters. The quantitative estimate of drug-likeness (QED) is 0.161. The maximum Gasteiger partial charge on any atom is 0.166 e. The lowest BCUT2D eigenvalue weighted by Crippen LogP contribution is -2.05. The van der Waals surface area contributed by atoms with Gasteiger partial charge in [-0.05, 0) is 41.1 Å². The van der Waals surface area contributed by atoms with E-state index >= 15 is 0 Å². The van der Waals surface area contributed by atoms with Gasteiger partial charge in [-0.1, -0.05) is 170 Å². The zero-order chi connectivity index (χ0) is 39.1. The molecule has 0 fully saturated rings. The van der Waals surface area contributed by atoms with Gasteiger partial charge in [0, 0.05) is 44.2 Å². The third kappa shape index (κ3) is 6.18. The van der Waals surface area contributed by atoms with Crippen LogP contribution in [0.5, 0.6) is 0 Å². The Kier molecular flexibility index (Phi) is 8.33. The second-order valence-electron chi connectivity index (χ2n) is 14.3. The van der Waals surface area contributed by atoms with Crippen LogP contribution in [-0.4, -0.2) is 34.5 Å². The van der Waals surface area contributed by atoms with Crippen molar-refractivity contribution in [3.63, 3.8) is 0 Å². The Morgan fingerprint density at radius 3 is 1.24 bits per heavy atom. The van der Waals surface area contributed by atoms with Crippen molar-refractivity contribution in [2.24, 2.45) is 0 Å². The molecule has 59 heavy (non-hydrogen) atoms. The highest BCUT2D eigenvalue weighted by Crippen LogP contribution is 2.39. The van der Waals surface area contributed by atoms with Gasteiger partial charge in [0.05, 0.1) is 16.7 Å². The first kappa shape index (κ1) is 34.1. The lowest BCUT2D eigenvalue weighted by Gasteiger charge is -2.16. The summed E-state index contributed by atoms with van der Waals surface area (Å²) in [6.45, 7) is 0. The van der Waals surface area contributed by atoms with Gasteiger partial charge < -0.3 is 4.57 Å². The number of para-hydroxylation sites is 2. The van der Waals surface area contributed by atoms with E-state index in [4.69, 9.17) is 29.9 Å². The first-order valence-corrected chi connectivity index (χ1v) is 19.6. The molecule has 0 radical (unpaired) electrons. The maximum absolute atomic E-state index is 5.36. The van der Waals surface area contributed by atoms with Gasteiger partial charge >= 0.3 is 0 Å². The molecule has 7 nitrogen and oxygen atoms in total. The molecule has 8 aromatic carbocycles. The number of nitrogens with zero attached hydrogens (tertiary/aromatic N) is 7. The molecular weight excluding hydrogens is 723 g/mol. The average Bonchev–Trinajstić information content (AvgIpc) is 3.66. The zero-order valence-corrected chi connectivity index (χ0v) is 31.7. The third-order valence-electron chi connectivity index (χ3n) is 10.7. The zero-order valence-electron chi connectivity index (χ0n) is 31.7. The van der Waals surface area contributed by atoms with Crippen LogP contribution in [0.25, 0.3) is 107 Å². The molecule has 0 N–H and O–H groups in total. The molecule has 276 valence electrons. The summed E-state index contributed by atoms with van der Waals surface area (Å²) >= 11 is 0. The summed E-state index contributed by atoms with van der Waals surface area (Å²) in [5.74, 6) is 3.41. The van der Waals surface area contributed by atoms with E-state index in [9.17, 15) is 0 Å². The van der Waals surface area contributed by atoms with Crippen LogP contribution in [0, 0.1) is 0 Å². The van der Waals surface area contributed by atoms with E-state index in [1.807, 2.05) is 91.0 Å². The SMILES string of the molecule is c1ccc(-c2nc(-c3ccccc3)nc(-c3ccc(-n4c5ccccc5c5ccccc54)c(-c4nc(-c5ccccc5)nc(-c5cccc6ccccc56)n4)c3)n2)cc1.